The van der Waals surface area contributed by atoms with E-state index in [0.717, 1.165) is 48.3 Å². The minimum Gasteiger partial charge on any atom is -0.303 e. The summed E-state index contributed by atoms with van der Waals surface area (Å²) in [7, 11) is 15.6. The molecule has 6 unspecified atom stereocenters. The van der Waals surface area contributed by atoms with Gasteiger partial charge in [-0.25, -0.2) is 9.48 Å². The number of nitrogens with zero attached hydrogens (tertiary/aromatic N) is 7. The van der Waals surface area contributed by atoms with Gasteiger partial charge in [0.15, 0.2) is 6.21 Å². The average Bonchev–Trinajstić information content (AvgIpc) is 3.75. The second-order valence-corrected chi connectivity index (χ2v) is 13.6. The number of hydrogen-bond acceptors (Lipinski definition) is 6. The third-order valence-electron chi connectivity index (χ3n) is 11.2. The highest BCUT2D eigenvalue weighted by Gasteiger charge is 2.42. The first-order chi connectivity index (χ1) is 18.2. The van der Waals surface area contributed by atoms with E-state index >= 15 is 0 Å². The molecule has 220 valence electrons. The average molecular weight is 533 g/mol. The van der Waals surface area contributed by atoms with Gasteiger partial charge in [0.25, 0.3) is 0 Å². The van der Waals surface area contributed by atoms with Crippen molar-refractivity contribution in [3.8, 4) is 0 Å². The zero-order valence-corrected chi connectivity index (χ0v) is 26.5. The van der Waals surface area contributed by atoms with E-state index in [1.54, 1.807) is 0 Å². The summed E-state index contributed by atoms with van der Waals surface area (Å²) in [5, 5.41) is 0. The molecule has 0 aromatic heterocycles. The molecule has 0 aromatic carbocycles. The Balaban J connectivity index is 0.000000115. The Kier molecular flexibility index (Phi) is 10.7. The molecule has 0 radical (unpaired) electrons. The predicted octanol–water partition coefficient (Wildman–Crippen LogP) is 2.66. The van der Waals surface area contributed by atoms with Crippen LogP contribution in [0.5, 0.6) is 0 Å². The van der Waals surface area contributed by atoms with Crippen LogP contribution in [-0.4, -0.2) is 165 Å². The number of likely N-dealkylation sites (tertiary alicyclic amines) is 4. The second-order valence-electron chi connectivity index (χ2n) is 13.6. The molecule has 7 heteroatoms. The van der Waals surface area contributed by atoms with Gasteiger partial charge in [0.2, 0.25) is 6.17 Å². The number of likely N-dealkylation sites (N-methyl/N-ethyl adjacent to an activating group) is 4. The van der Waals surface area contributed by atoms with E-state index in [1.165, 1.54) is 84.1 Å². The summed E-state index contributed by atoms with van der Waals surface area (Å²) in [6.45, 7) is 10.6. The van der Waals surface area contributed by atoms with Crippen molar-refractivity contribution in [1.29, 1.82) is 0 Å². The first-order valence-electron chi connectivity index (χ1n) is 16.0. The molecule has 0 aromatic rings. The van der Waals surface area contributed by atoms with Gasteiger partial charge in [0.05, 0.1) is 6.04 Å². The van der Waals surface area contributed by atoms with Gasteiger partial charge in [-0.05, 0) is 93.1 Å². The SMILES string of the molecule is CC.CN1C2C=[N+](C)C1CC2.CN1CC2CC1CN2C.CN1CC2CC1CN2C.CN1CC2CCC1CC2. The topological polar surface area (TPSA) is 22.5 Å². The highest BCUT2D eigenvalue weighted by molar-refractivity contribution is 5.61. The number of rotatable bonds is 0. The van der Waals surface area contributed by atoms with Gasteiger partial charge < -0.3 is 24.5 Å². The largest absolute Gasteiger partial charge is 0.303 e. The normalized spacial score (nSPS) is 41.6. The van der Waals surface area contributed by atoms with Gasteiger partial charge in [0, 0.05) is 69.4 Å². The van der Waals surface area contributed by atoms with Crippen LogP contribution in [-0.2, 0) is 0 Å². The molecule has 6 atom stereocenters. The molecule has 9 rings (SSSR count). The Morgan fingerprint density at radius 2 is 0.947 bits per heavy atom. The molecule has 0 amide bonds. The van der Waals surface area contributed by atoms with Crippen LogP contribution in [0.1, 0.15) is 65.2 Å². The number of hydrogen-bond donors (Lipinski definition) is 0. The van der Waals surface area contributed by atoms with Crippen LogP contribution in [0, 0.1) is 5.92 Å². The lowest BCUT2D eigenvalue weighted by Gasteiger charge is -2.43. The van der Waals surface area contributed by atoms with Crippen LogP contribution in [0.4, 0.5) is 0 Å². The molecule has 0 spiro atoms. The molecule has 9 aliphatic rings. The lowest BCUT2D eigenvalue weighted by atomic mass is 9.80. The molecular weight excluding hydrogens is 470 g/mol. The number of piperazine rings is 2. The summed E-state index contributed by atoms with van der Waals surface area (Å²) in [6, 6.07) is 5.20. The Labute approximate surface area is 235 Å². The van der Waals surface area contributed by atoms with Crippen molar-refractivity contribution in [1.82, 2.24) is 29.4 Å². The van der Waals surface area contributed by atoms with Crippen molar-refractivity contribution < 1.29 is 4.58 Å². The van der Waals surface area contributed by atoms with Gasteiger partial charge >= 0.3 is 0 Å². The van der Waals surface area contributed by atoms with Gasteiger partial charge in [-0.3, -0.25) is 0 Å². The number of fused-ring (bicyclic) bond motifs is 9. The fourth-order valence-corrected chi connectivity index (χ4v) is 8.44. The fourth-order valence-electron chi connectivity index (χ4n) is 8.44. The molecule has 7 nitrogen and oxygen atoms in total. The summed E-state index contributed by atoms with van der Waals surface area (Å²) in [6.07, 6.45) is 14.6. The van der Waals surface area contributed by atoms with Gasteiger partial charge in [-0.2, -0.15) is 0 Å². The van der Waals surface area contributed by atoms with E-state index in [2.05, 4.69) is 89.5 Å². The van der Waals surface area contributed by atoms with E-state index in [4.69, 9.17) is 0 Å². The zero-order valence-electron chi connectivity index (χ0n) is 26.5. The van der Waals surface area contributed by atoms with Gasteiger partial charge in [0.1, 0.15) is 7.05 Å². The summed E-state index contributed by atoms with van der Waals surface area (Å²) in [4.78, 5) is 14.9. The van der Waals surface area contributed by atoms with Crippen molar-refractivity contribution in [3.05, 3.63) is 0 Å². The highest BCUT2D eigenvalue weighted by atomic mass is 15.4. The smallest absolute Gasteiger partial charge is 0.209 e. The summed E-state index contributed by atoms with van der Waals surface area (Å²) in [5.74, 6) is 1.06. The predicted molar refractivity (Wildman–Crippen MR) is 161 cm³/mol. The first-order valence-corrected chi connectivity index (χ1v) is 16.0. The van der Waals surface area contributed by atoms with Crippen molar-refractivity contribution in [2.45, 2.75) is 108 Å². The summed E-state index contributed by atoms with van der Waals surface area (Å²) >= 11 is 0. The quantitative estimate of drug-likeness (QED) is 0.445. The van der Waals surface area contributed by atoms with Crippen LogP contribution < -0.4 is 0 Å². The summed E-state index contributed by atoms with van der Waals surface area (Å²) < 4.78 is 2.33. The molecule has 38 heavy (non-hydrogen) atoms. The lowest BCUT2D eigenvalue weighted by Crippen LogP contribution is -2.45. The Bertz CT molecular complexity index is 699. The monoisotopic (exact) mass is 533 g/mol. The molecule has 1 aliphatic carbocycles. The van der Waals surface area contributed by atoms with E-state index in [9.17, 15) is 0 Å². The minimum absolute atomic E-state index is 0.718. The van der Waals surface area contributed by atoms with Crippen LogP contribution >= 0.6 is 0 Å². The second kappa shape index (κ2) is 13.4. The number of piperidine rings is 2. The Morgan fingerprint density at radius 3 is 1.11 bits per heavy atom. The van der Waals surface area contributed by atoms with Crippen LogP contribution in [0.15, 0.2) is 0 Å². The van der Waals surface area contributed by atoms with E-state index in [-0.39, 0.29) is 0 Å². The van der Waals surface area contributed by atoms with Gasteiger partial charge in [-0.15, -0.1) is 0 Å². The Hall–Kier alpha value is -0.570. The molecule has 7 saturated heterocycles. The molecular formula is C31H62N7+. The van der Waals surface area contributed by atoms with Gasteiger partial charge in [-0.1, -0.05) is 13.8 Å². The van der Waals surface area contributed by atoms with Crippen molar-refractivity contribution in [2.75, 3.05) is 82.1 Å². The van der Waals surface area contributed by atoms with E-state index < -0.39 is 0 Å². The van der Waals surface area contributed by atoms with Crippen molar-refractivity contribution in [3.63, 3.8) is 0 Å². The molecule has 8 aliphatic heterocycles. The molecule has 0 N–H and O–H groups in total. The molecule has 1 saturated carbocycles. The summed E-state index contributed by atoms with van der Waals surface area (Å²) in [5.41, 5.74) is 0. The maximum absolute atomic E-state index is 2.54. The first kappa shape index (κ1) is 30.4. The minimum atomic E-state index is 0.718. The molecule has 8 heterocycles. The molecule has 8 fully saturated rings. The third kappa shape index (κ3) is 6.83. The van der Waals surface area contributed by atoms with Crippen LogP contribution in [0.25, 0.3) is 0 Å². The van der Waals surface area contributed by atoms with Crippen LogP contribution in [0.3, 0.4) is 0 Å². The van der Waals surface area contributed by atoms with Crippen molar-refractivity contribution in [2.24, 2.45) is 5.92 Å². The fraction of sp³-hybridized carbons (Fsp3) is 0.968. The highest BCUT2D eigenvalue weighted by Crippen LogP contribution is 2.33. The Morgan fingerprint density at radius 1 is 0.526 bits per heavy atom. The van der Waals surface area contributed by atoms with Crippen molar-refractivity contribution >= 4 is 6.21 Å². The van der Waals surface area contributed by atoms with E-state index in [1.807, 2.05) is 13.8 Å². The third-order valence-corrected chi connectivity index (χ3v) is 11.2. The lowest BCUT2D eigenvalue weighted by molar-refractivity contribution is -0.544. The molecule has 8 bridgehead atoms. The maximum atomic E-state index is 2.54. The zero-order chi connectivity index (χ0) is 27.6. The standard InChI is InChI=1S/C8H15N.2C7H14N2.C7H13N2.C2H6/c1-9-6-7-2-4-8(9)5-3-7;2*1-8-4-7-3-6(8)5-9(7)2;1-8-5-6-3-4-7(8)9(6)2;1-2/h7-8H,2-6H2,1H3;2*6-7H,3-5H2,1-2H3;5-7H,3-4H2,1-2H3;1-2H3/q;;;+1;. The van der Waals surface area contributed by atoms with E-state index in [0.29, 0.717) is 0 Å². The maximum Gasteiger partial charge on any atom is 0.209 e. The van der Waals surface area contributed by atoms with Crippen LogP contribution in [0.2, 0.25) is 0 Å².